The summed E-state index contributed by atoms with van der Waals surface area (Å²) in [5.74, 6) is 1.47. The third kappa shape index (κ3) is 5.10. The second-order valence-electron chi connectivity index (χ2n) is 5.59. The van der Waals surface area contributed by atoms with Crippen molar-refractivity contribution >= 4 is 16.7 Å². The summed E-state index contributed by atoms with van der Waals surface area (Å²) in [5, 5.41) is 13.4. The molecule has 114 valence electrons. The lowest BCUT2D eigenvalue weighted by Crippen LogP contribution is -2.11. The van der Waals surface area contributed by atoms with Crippen molar-refractivity contribution in [2.24, 2.45) is 5.92 Å². The summed E-state index contributed by atoms with van der Waals surface area (Å²) in [4.78, 5) is 4.56. The highest BCUT2D eigenvalue weighted by Gasteiger charge is 2.14. The monoisotopic (exact) mass is 305 g/mol. The van der Waals surface area contributed by atoms with E-state index < -0.39 is 0 Å². The Morgan fingerprint density at radius 3 is 2.67 bits per heavy atom. The second-order valence-corrected chi connectivity index (χ2v) is 6.34. The molecule has 0 aliphatic heterocycles. The van der Waals surface area contributed by atoms with E-state index in [9.17, 15) is 0 Å². The summed E-state index contributed by atoms with van der Waals surface area (Å²) >= 11 is 1.41. The van der Waals surface area contributed by atoms with E-state index in [4.69, 9.17) is 5.11 Å². The van der Waals surface area contributed by atoms with Crippen LogP contribution in [0.25, 0.3) is 0 Å². The van der Waals surface area contributed by atoms with Crippen molar-refractivity contribution in [3.8, 4) is 0 Å². The average Bonchev–Trinajstić information content (AvgIpc) is 2.90. The maximum Gasteiger partial charge on any atom is 0.203 e. The largest absolute Gasteiger partial charge is 0.396 e. The predicted molar refractivity (Wildman–Crippen MR) is 87.6 cm³/mol. The molecule has 0 aliphatic carbocycles. The zero-order valence-corrected chi connectivity index (χ0v) is 13.4. The maximum atomic E-state index is 9.08. The smallest absolute Gasteiger partial charge is 0.203 e. The summed E-state index contributed by atoms with van der Waals surface area (Å²) in [6.45, 7) is 4.55. The highest BCUT2D eigenvalue weighted by atomic mass is 32.1. The van der Waals surface area contributed by atoms with Gasteiger partial charge in [0.05, 0.1) is 6.04 Å². The lowest BCUT2D eigenvalue weighted by Gasteiger charge is -2.18. The maximum absolute atomic E-state index is 9.08. The molecule has 0 amide bonds. The Labute approximate surface area is 130 Å². The highest BCUT2D eigenvalue weighted by Crippen LogP contribution is 2.25. The van der Waals surface area contributed by atoms with E-state index in [2.05, 4.69) is 40.7 Å². The van der Waals surface area contributed by atoms with Crippen LogP contribution < -0.4 is 5.32 Å². The van der Waals surface area contributed by atoms with Crippen LogP contribution in [0.2, 0.25) is 0 Å². The normalized spacial score (nSPS) is 12.6. The van der Waals surface area contributed by atoms with Gasteiger partial charge in [0.15, 0.2) is 0 Å². The van der Waals surface area contributed by atoms with Gasteiger partial charge in [0, 0.05) is 24.6 Å². The van der Waals surface area contributed by atoms with Gasteiger partial charge in [0.1, 0.15) is 5.82 Å². The molecule has 0 bridgehead atoms. The van der Waals surface area contributed by atoms with Crippen LogP contribution in [0.3, 0.4) is 0 Å². The van der Waals surface area contributed by atoms with Gasteiger partial charge in [0.25, 0.3) is 0 Å². The van der Waals surface area contributed by atoms with Gasteiger partial charge in [0.2, 0.25) is 5.13 Å². The van der Waals surface area contributed by atoms with Crippen molar-refractivity contribution in [2.75, 3.05) is 11.9 Å². The third-order valence-corrected chi connectivity index (χ3v) is 3.89. The first-order valence-corrected chi connectivity index (χ1v) is 8.21. The first kappa shape index (κ1) is 15.9. The minimum absolute atomic E-state index is 0.165. The summed E-state index contributed by atoms with van der Waals surface area (Å²) in [6, 6.07) is 10.5. The molecule has 0 unspecified atom stereocenters. The molecule has 1 atom stereocenters. The summed E-state index contributed by atoms with van der Waals surface area (Å²) in [5.41, 5.74) is 1.21. The van der Waals surface area contributed by atoms with Crippen LogP contribution >= 0.6 is 11.5 Å². The Hall–Kier alpha value is -1.46. The van der Waals surface area contributed by atoms with Crippen molar-refractivity contribution in [1.29, 1.82) is 0 Å². The molecule has 2 N–H and O–H groups in total. The summed E-state index contributed by atoms with van der Waals surface area (Å²) < 4.78 is 4.40. The number of aromatic nitrogens is 2. The van der Waals surface area contributed by atoms with Gasteiger partial charge in [-0.15, -0.1) is 0 Å². The fourth-order valence-electron chi connectivity index (χ4n) is 2.21. The second kappa shape index (κ2) is 8.10. The number of anilines is 1. The standard InChI is InChI=1S/C16H23N3OS/c1-12(2)11-15-18-16(21-19-15)17-14(9-6-10-20)13-7-4-3-5-8-13/h3-5,7-8,12,14,20H,6,9-11H2,1-2H3,(H,17,18,19)/t14-/m0/s1. The Morgan fingerprint density at radius 1 is 1.24 bits per heavy atom. The lowest BCUT2D eigenvalue weighted by molar-refractivity contribution is 0.281. The van der Waals surface area contributed by atoms with Crippen LogP contribution in [0.5, 0.6) is 0 Å². The zero-order chi connectivity index (χ0) is 15.1. The van der Waals surface area contributed by atoms with Crippen molar-refractivity contribution in [3.05, 3.63) is 41.7 Å². The van der Waals surface area contributed by atoms with Crippen molar-refractivity contribution in [2.45, 2.75) is 39.2 Å². The number of aliphatic hydroxyl groups is 1. The molecule has 0 aliphatic rings. The van der Waals surface area contributed by atoms with Gasteiger partial charge >= 0.3 is 0 Å². The van der Waals surface area contributed by atoms with E-state index in [0.717, 1.165) is 30.2 Å². The molecule has 1 aromatic heterocycles. The van der Waals surface area contributed by atoms with Gasteiger partial charge in [-0.25, -0.2) is 4.98 Å². The number of nitrogens with one attached hydrogen (secondary N) is 1. The zero-order valence-electron chi connectivity index (χ0n) is 12.6. The number of aliphatic hydroxyl groups excluding tert-OH is 1. The van der Waals surface area contributed by atoms with Crippen LogP contribution in [0.15, 0.2) is 30.3 Å². The molecule has 0 fully saturated rings. The predicted octanol–water partition coefficient (Wildman–Crippen LogP) is 3.66. The Kier molecular flexibility index (Phi) is 6.14. The molecule has 2 aromatic rings. The van der Waals surface area contributed by atoms with Gasteiger partial charge in [-0.05, 0) is 24.3 Å². The Balaban J connectivity index is 2.06. The minimum atomic E-state index is 0.165. The summed E-state index contributed by atoms with van der Waals surface area (Å²) in [7, 11) is 0. The van der Waals surface area contributed by atoms with E-state index >= 15 is 0 Å². The minimum Gasteiger partial charge on any atom is -0.396 e. The van der Waals surface area contributed by atoms with Gasteiger partial charge < -0.3 is 10.4 Å². The van der Waals surface area contributed by atoms with E-state index in [-0.39, 0.29) is 12.6 Å². The number of hydrogen-bond acceptors (Lipinski definition) is 5. The van der Waals surface area contributed by atoms with Crippen molar-refractivity contribution < 1.29 is 5.11 Å². The van der Waals surface area contributed by atoms with Crippen LogP contribution in [0, 0.1) is 5.92 Å². The molecule has 0 radical (unpaired) electrons. The molecule has 0 spiro atoms. The van der Waals surface area contributed by atoms with E-state index in [1.165, 1.54) is 17.1 Å². The number of nitrogens with zero attached hydrogens (tertiary/aromatic N) is 2. The molecule has 21 heavy (non-hydrogen) atoms. The molecule has 4 nitrogen and oxygen atoms in total. The van der Waals surface area contributed by atoms with E-state index in [1.807, 2.05) is 18.2 Å². The van der Waals surface area contributed by atoms with Gasteiger partial charge in [-0.3, -0.25) is 0 Å². The number of hydrogen-bond donors (Lipinski definition) is 2. The first-order chi connectivity index (χ1) is 10.2. The lowest BCUT2D eigenvalue weighted by atomic mass is 10.0. The van der Waals surface area contributed by atoms with E-state index in [1.54, 1.807) is 0 Å². The SMILES string of the molecule is CC(C)Cc1nsc(N[C@@H](CCCO)c2ccccc2)n1. The topological polar surface area (TPSA) is 58.0 Å². The third-order valence-electron chi connectivity index (χ3n) is 3.21. The summed E-state index contributed by atoms with van der Waals surface area (Å²) in [6.07, 6.45) is 2.55. The molecular formula is C16H23N3OS. The first-order valence-electron chi connectivity index (χ1n) is 7.44. The molecule has 1 aromatic carbocycles. The molecule has 1 heterocycles. The number of benzene rings is 1. The molecule has 2 rings (SSSR count). The molecule has 0 saturated heterocycles. The molecule has 5 heteroatoms. The highest BCUT2D eigenvalue weighted by molar-refractivity contribution is 7.09. The molecule has 0 saturated carbocycles. The van der Waals surface area contributed by atoms with Crippen molar-refractivity contribution in [3.63, 3.8) is 0 Å². The quantitative estimate of drug-likeness (QED) is 0.781. The van der Waals surface area contributed by atoms with Crippen LogP contribution in [-0.2, 0) is 6.42 Å². The molecular weight excluding hydrogens is 282 g/mol. The Bertz CT molecular complexity index is 527. The van der Waals surface area contributed by atoms with Crippen molar-refractivity contribution in [1.82, 2.24) is 9.36 Å². The van der Waals surface area contributed by atoms with E-state index in [0.29, 0.717) is 5.92 Å². The fourth-order valence-corrected chi connectivity index (χ4v) is 2.86. The fraction of sp³-hybridized carbons (Fsp3) is 0.500. The van der Waals surface area contributed by atoms with Crippen LogP contribution in [0.4, 0.5) is 5.13 Å². The van der Waals surface area contributed by atoms with Gasteiger partial charge in [-0.1, -0.05) is 44.2 Å². The Morgan fingerprint density at radius 2 is 2.00 bits per heavy atom. The van der Waals surface area contributed by atoms with Gasteiger partial charge in [-0.2, -0.15) is 4.37 Å². The van der Waals surface area contributed by atoms with Crippen LogP contribution in [0.1, 0.15) is 44.1 Å². The van der Waals surface area contributed by atoms with Crippen LogP contribution in [-0.4, -0.2) is 21.1 Å². The number of rotatable bonds is 8. The average molecular weight is 305 g/mol.